The highest BCUT2D eigenvalue weighted by molar-refractivity contribution is 7.92. The highest BCUT2D eigenvalue weighted by atomic mass is 32.2. The Morgan fingerprint density at radius 3 is 2.06 bits per heavy atom. The summed E-state index contributed by atoms with van der Waals surface area (Å²) in [4.78, 5) is -0.902. The van der Waals surface area contributed by atoms with E-state index in [0.717, 1.165) is 38.2 Å². The van der Waals surface area contributed by atoms with Gasteiger partial charge in [0, 0.05) is 12.7 Å². The molecule has 1 fully saturated rings. The summed E-state index contributed by atoms with van der Waals surface area (Å²) in [6.07, 6.45) is 2.46. The number of ether oxygens (including phenoxy) is 1. The first-order chi connectivity index (χ1) is 14.3. The summed E-state index contributed by atoms with van der Waals surface area (Å²) in [7, 11) is -4.56. The van der Waals surface area contributed by atoms with Gasteiger partial charge in [-0.2, -0.15) is 13.2 Å². The Labute approximate surface area is 175 Å². The SMILES string of the molecule is COC1(F)CC(F)=C(C2=C(c3ccc(S(=O)(=O)C(F)(F)F)cc3)CC3(CC3)C2)C=C1F. The van der Waals surface area contributed by atoms with E-state index in [-0.39, 0.29) is 11.0 Å². The van der Waals surface area contributed by atoms with Crippen LogP contribution in [0.15, 0.2) is 58.0 Å². The lowest BCUT2D eigenvalue weighted by molar-refractivity contribution is -0.107. The second-order valence-corrected chi connectivity index (χ2v) is 10.1. The smallest absolute Gasteiger partial charge is 0.344 e. The molecule has 4 rings (SSSR count). The maximum absolute atomic E-state index is 14.8. The van der Waals surface area contributed by atoms with Gasteiger partial charge in [0.05, 0.1) is 11.3 Å². The molecule has 1 spiro atoms. The molecule has 0 radical (unpaired) electrons. The summed E-state index contributed by atoms with van der Waals surface area (Å²) >= 11 is 0. The lowest BCUT2D eigenvalue weighted by Crippen LogP contribution is -2.29. The van der Waals surface area contributed by atoms with Gasteiger partial charge in [0.1, 0.15) is 5.83 Å². The number of rotatable bonds is 4. The van der Waals surface area contributed by atoms with Crippen molar-refractivity contribution in [2.45, 2.75) is 48.4 Å². The van der Waals surface area contributed by atoms with Crippen LogP contribution in [0.5, 0.6) is 0 Å². The van der Waals surface area contributed by atoms with Crippen molar-refractivity contribution in [3.8, 4) is 0 Å². The minimum absolute atomic E-state index is 0.0893. The summed E-state index contributed by atoms with van der Waals surface area (Å²) in [6.45, 7) is 0. The third-order valence-corrected chi connectivity index (χ3v) is 7.70. The van der Waals surface area contributed by atoms with Crippen LogP contribution >= 0.6 is 0 Å². The van der Waals surface area contributed by atoms with Crippen molar-refractivity contribution in [3.63, 3.8) is 0 Å². The third kappa shape index (κ3) is 3.63. The van der Waals surface area contributed by atoms with E-state index in [1.54, 1.807) is 0 Å². The van der Waals surface area contributed by atoms with Crippen LogP contribution in [0.3, 0.4) is 0 Å². The highest BCUT2D eigenvalue weighted by Crippen LogP contribution is 2.63. The van der Waals surface area contributed by atoms with Crippen molar-refractivity contribution in [3.05, 3.63) is 58.7 Å². The van der Waals surface area contributed by atoms with Crippen molar-refractivity contribution in [1.29, 1.82) is 0 Å². The van der Waals surface area contributed by atoms with Crippen LogP contribution in [-0.2, 0) is 14.6 Å². The van der Waals surface area contributed by atoms with Crippen LogP contribution in [-0.4, -0.2) is 26.9 Å². The molecule has 3 aliphatic rings. The lowest BCUT2D eigenvalue weighted by atomic mass is 9.90. The molecular formula is C21H18F6O3S. The number of sulfone groups is 1. The van der Waals surface area contributed by atoms with Crippen LogP contribution in [0.25, 0.3) is 5.57 Å². The van der Waals surface area contributed by atoms with Gasteiger partial charge in [0.2, 0.25) is 0 Å². The summed E-state index contributed by atoms with van der Waals surface area (Å²) in [5.41, 5.74) is -4.19. The van der Waals surface area contributed by atoms with E-state index in [9.17, 15) is 34.8 Å². The van der Waals surface area contributed by atoms with Crippen molar-refractivity contribution in [1.82, 2.24) is 0 Å². The number of hydrogen-bond acceptors (Lipinski definition) is 3. The normalized spacial score (nSPS) is 26.0. The van der Waals surface area contributed by atoms with Gasteiger partial charge in [-0.25, -0.2) is 21.6 Å². The molecule has 3 aliphatic carbocycles. The Kier molecular flexibility index (Phi) is 4.97. The molecule has 0 heterocycles. The fourth-order valence-corrected chi connectivity index (χ4v) is 4.93. The minimum atomic E-state index is -5.49. The molecule has 1 aromatic carbocycles. The van der Waals surface area contributed by atoms with Crippen LogP contribution in [0.4, 0.5) is 26.3 Å². The molecule has 1 aromatic rings. The van der Waals surface area contributed by atoms with E-state index in [1.165, 1.54) is 12.1 Å². The number of methoxy groups -OCH3 is 1. The van der Waals surface area contributed by atoms with E-state index in [4.69, 9.17) is 0 Å². The Hall–Kier alpha value is -2.07. The second kappa shape index (κ2) is 6.96. The molecule has 1 saturated carbocycles. The fourth-order valence-electron chi connectivity index (χ4n) is 4.17. The average molecular weight is 464 g/mol. The summed E-state index contributed by atoms with van der Waals surface area (Å²) in [5.74, 6) is -5.02. The average Bonchev–Trinajstić information content (AvgIpc) is 3.35. The van der Waals surface area contributed by atoms with Crippen molar-refractivity contribution in [2.24, 2.45) is 5.41 Å². The molecule has 0 amide bonds. The van der Waals surface area contributed by atoms with Gasteiger partial charge in [-0.15, -0.1) is 0 Å². The van der Waals surface area contributed by atoms with E-state index in [1.807, 2.05) is 0 Å². The summed E-state index contributed by atoms with van der Waals surface area (Å²) in [6, 6.07) is 4.15. The zero-order valence-electron chi connectivity index (χ0n) is 16.3. The predicted molar refractivity (Wildman–Crippen MR) is 100 cm³/mol. The molecule has 168 valence electrons. The van der Waals surface area contributed by atoms with Crippen LogP contribution < -0.4 is 0 Å². The van der Waals surface area contributed by atoms with Gasteiger partial charge in [-0.1, -0.05) is 12.1 Å². The maximum Gasteiger partial charge on any atom is 0.501 e. The Morgan fingerprint density at radius 2 is 1.55 bits per heavy atom. The van der Waals surface area contributed by atoms with Crippen LogP contribution in [0.2, 0.25) is 0 Å². The molecule has 10 heteroatoms. The lowest BCUT2D eigenvalue weighted by Gasteiger charge is -2.26. The van der Waals surface area contributed by atoms with Crippen LogP contribution in [0, 0.1) is 5.41 Å². The summed E-state index contributed by atoms with van der Waals surface area (Å²) < 4.78 is 109. The number of alkyl halides is 4. The van der Waals surface area contributed by atoms with Gasteiger partial charge < -0.3 is 4.74 Å². The Morgan fingerprint density at radius 1 is 0.968 bits per heavy atom. The summed E-state index contributed by atoms with van der Waals surface area (Å²) in [5, 5.41) is 0. The molecule has 0 bridgehead atoms. The fraction of sp³-hybridized carbons (Fsp3) is 0.429. The third-order valence-electron chi connectivity index (χ3n) is 6.19. The number of halogens is 6. The molecule has 31 heavy (non-hydrogen) atoms. The quantitative estimate of drug-likeness (QED) is 0.506. The zero-order chi connectivity index (χ0) is 22.8. The zero-order valence-corrected chi connectivity index (χ0v) is 17.1. The largest absolute Gasteiger partial charge is 0.501 e. The predicted octanol–water partition coefficient (Wildman–Crippen LogP) is 6.10. The second-order valence-electron chi connectivity index (χ2n) is 8.20. The first-order valence-corrected chi connectivity index (χ1v) is 10.9. The van der Waals surface area contributed by atoms with Crippen LogP contribution in [0.1, 0.15) is 37.7 Å². The van der Waals surface area contributed by atoms with Gasteiger partial charge >= 0.3 is 5.51 Å². The molecule has 3 nitrogen and oxygen atoms in total. The molecule has 0 N–H and O–H groups in total. The Bertz CT molecular complexity index is 1120. The first kappa shape index (κ1) is 22.1. The number of allylic oxidation sites excluding steroid dienone is 4. The molecule has 0 saturated heterocycles. The van der Waals surface area contributed by atoms with E-state index >= 15 is 0 Å². The van der Waals surface area contributed by atoms with Crippen molar-refractivity contribution >= 4 is 15.4 Å². The van der Waals surface area contributed by atoms with Gasteiger partial charge in [-0.3, -0.25) is 0 Å². The first-order valence-electron chi connectivity index (χ1n) is 9.46. The molecule has 0 aliphatic heterocycles. The van der Waals surface area contributed by atoms with E-state index < -0.39 is 44.2 Å². The topological polar surface area (TPSA) is 43.4 Å². The number of benzene rings is 1. The van der Waals surface area contributed by atoms with Gasteiger partial charge in [0.25, 0.3) is 15.7 Å². The maximum atomic E-state index is 14.8. The molecular weight excluding hydrogens is 446 g/mol. The highest BCUT2D eigenvalue weighted by Gasteiger charge is 2.51. The molecule has 1 atom stereocenters. The minimum Gasteiger partial charge on any atom is -0.344 e. The van der Waals surface area contributed by atoms with Gasteiger partial charge in [0.15, 0.2) is 5.83 Å². The molecule has 1 unspecified atom stereocenters. The van der Waals surface area contributed by atoms with E-state index in [0.29, 0.717) is 29.6 Å². The molecule has 0 aromatic heterocycles. The van der Waals surface area contributed by atoms with Gasteiger partial charge in [-0.05, 0) is 66.0 Å². The van der Waals surface area contributed by atoms with Crippen molar-refractivity contribution < 1.29 is 39.5 Å². The standard InChI is InChI=1S/C21H18F6O3S/c1-30-20(24)11-17(22)14(8-18(20)23)16-10-19(6-7-19)9-15(16)12-2-4-13(5-3-12)31(28,29)21(25,26)27/h2-5,8H,6-7,9-11H2,1H3. The monoisotopic (exact) mass is 464 g/mol. The number of hydrogen-bond donors (Lipinski definition) is 0. The van der Waals surface area contributed by atoms with E-state index in [2.05, 4.69) is 4.74 Å². The van der Waals surface area contributed by atoms with Crippen molar-refractivity contribution in [2.75, 3.05) is 7.11 Å². The Balaban J connectivity index is 1.76.